The summed E-state index contributed by atoms with van der Waals surface area (Å²) in [6.45, 7) is 6.89. The van der Waals surface area contributed by atoms with Gasteiger partial charge in [0.25, 0.3) is 5.91 Å². The van der Waals surface area contributed by atoms with Gasteiger partial charge in [-0.3, -0.25) is 9.59 Å². The van der Waals surface area contributed by atoms with Crippen LogP contribution in [0.15, 0.2) is 36.5 Å². The summed E-state index contributed by atoms with van der Waals surface area (Å²) in [5, 5.41) is 2.58. The third-order valence-electron chi connectivity index (χ3n) is 5.47. The third kappa shape index (κ3) is 4.90. The first-order chi connectivity index (χ1) is 15.2. The summed E-state index contributed by atoms with van der Waals surface area (Å²) in [6, 6.07) is 8.54. The number of nitrogens with zero attached hydrogens (tertiary/aromatic N) is 1. The van der Waals surface area contributed by atoms with Crippen molar-refractivity contribution >= 4 is 17.8 Å². The van der Waals surface area contributed by atoms with Gasteiger partial charge in [-0.05, 0) is 18.1 Å². The highest BCUT2D eigenvalue weighted by Crippen LogP contribution is 2.35. The topological polar surface area (TPSA) is 104 Å². The number of amides is 1. The van der Waals surface area contributed by atoms with E-state index in [2.05, 4.69) is 10.3 Å². The molecule has 1 aromatic heterocycles. The van der Waals surface area contributed by atoms with E-state index in [1.165, 1.54) is 31.9 Å². The van der Waals surface area contributed by atoms with Crippen molar-refractivity contribution in [2.45, 2.75) is 52.2 Å². The molecule has 0 fully saturated rings. The summed E-state index contributed by atoms with van der Waals surface area (Å²) in [7, 11) is 1.39. The molecule has 2 aromatic rings. The van der Waals surface area contributed by atoms with Crippen LogP contribution >= 0.6 is 0 Å². The summed E-state index contributed by atoms with van der Waals surface area (Å²) < 4.78 is 16.2. The molecule has 0 radical (unpaired) electrons. The first kappa shape index (κ1) is 23.2. The predicted octanol–water partition coefficient (Wildman–Crippen LogP) is 3.04. The molecule has 1 aliphatic rings. The second kappa shape index (κ2) is 9.80. The van der Waals surface area contributed by atoms with Crippen LogP contribution in [0.25, 0.3) is 0 Å². The van der Waals surface area contributed by atoms with E-state index in [0.717, 1.165) is 5.56 Å². The van der Waals surface area contributed by atoms with Crippen LogP contribution in [0.1, 0.15) is 55.2 Å². The number of ether oxygens (including phenoxy) is 3. The Hall–Kier alpha value is -3.42. The summed E-state index contributed by atoms with van der Waals surface area (Å²) in [4.78, 5) is 41.6. The highest BCUT2D eigenvalue weighted by molar-refractivity contribution is 5.98. The van der Waals surface area contributed by atoms with Crippen molar-refractivity contribution in [1.29, 1.82) is 0 Å². The van der Waals surface area contributed by atoms with Gasteiger partial charge in [0.1, 0.15) is 12.1 Å². The van der Waals surface area contributed by atoms with Crippen molar-refractivity contribution in [1.82, 2.24) is 10.3 Å². The van der Waals surface area contributed by atoms with Crippen molar-refractivity contribution < 1.29 is 28.6 Å². The summed E-state index contributed by atoms with van der Waals surface area (Å²) in [5.74, 6) is -2.01. The molecule has 1 aliphatic carbocycles. The van der Waals surface area contributed by atoms with Gasteiger partial charge in [0.05, 0.1) is 13.0 Å². The van der Waals surface area contributed by atoms with E-state index in [4.69, 9.17) is 14.2 Å². The molecule has 1 amide bonds. The zero-order chi connectivity index (χ0) is 23.4. The highest BCUT2D eigenvalue weighted by atomic mass is 16.6. The second-order valence-corrected chi connectivity index (χ2v) is 8.13. The molecule has 0 saturated heterocycles. The number of hydrogen-bond acceptors (Lipinski definition) is 7. The number of esters is 2. The maximum atomic E-state index is 12.9. The normalized spacial score (nSPS) is 17.9. The van der Waals surface area contributed by atoms with E-state index in [1.54, 1.807) is 13.8 Å². The molecule has 32 heavy (non-hydrogen) atoms. The van der Waals surface area contributed by atoms with Gasteiger partial charge in [0, 0.05) is 24.6 Å². The fourth-order valence-corrected chi connectivity index (χ4v) is 3.55. The van der Waals surface area contributed by atoms with E-state index >= 15 is 0 Å². The van der Waals surface area contributed by atoms with Crippen LogP contribution in [0.5, 0.6) is 11.5 Å². The molecular formula is C24H28N2O6. The number of methoxy groups -OCH3 is 1. The van der Waals surface area contributed by atoms with Crippen LogP contribution in [0.4, 0.5) is 0 Å². The maximum absolute atomic E-state index is 12.9. The minimum Gasteiger partial charge on any atom is -0.493 e. The Morgan fingerprint density at radius 1 is 1.09 bits per heavy atom. The number of carbonyl (C=O) groups is 3. The lowest BCUT2D eigenvalue weighted by atomic mass is 10.0. The molecule has 3 atom stereocenters. The molecule has 2 unspecified atom stereocenters. The number of nitrogens with one attached hydrogen (secondary N) is 1. The SMILES string of the molecule is COc1ccnc(C(=O)N[C@@H](C)C(=O)OC2Cc3ccccc3C2C)c1OC(=O)C(C)C. The van der Waals surface area contributed by atoms with Gasteiger partial charge >= 0.3 is 11.9 Å². The number of rotatable bonds is 7. The van der Waals surface area contributed by atoms with Gasteiger partial charge in [0.15, 0.2) is 11.4 Å². The molecule has 3 rings (SSSR count). The average Bonchev–Trinajstić information content (AvgIpc) is 3.08. The molecule has 0 saturated carbocycles. The number of hydrogen-bond donors (Lipinski definition) is 1. The van der Waals surface area contributed by atoms with Crippen LogP contribution < -0.4 is 14.8 Å². The van der Waals surface area contributed by atoms with E-state index in [0.29, 0.717) is 6.42 Å². The van der Waals surface area contributed by atoms with Gasteiger partial charge in [-0.25, -0.2) is 9.78 Å². The summed E-state index contributed by atoms with van der Waals surface area (Å²) >= 11 is 0. The van der Waals surface area contributed by atoms with Gasteiger partial charge in [-0.1, -0.05) is 45.0 Å². The molecule has 1 heterocycles. The van der Waals surface area contributed by atoms with E-state index in [-0.39, 0.29) is 29.2 Å². The number of benzene rings is 1. The van der Waals surface area contributed by atoms with Gasteiger partial charge in [0.2, 0.25) is 5.75 Å². The Bertz CT molecular complexity index is 1020. The first-order valence-electron chi connectivity index (χ1n) is 10.6. The van der Waals surface area contributed by atoms with Gasteiger partial charge < -0.3 is 19.5 Å². The predicted molar refractivity (Wildman–Crippen MR) is 117 cm³/mol. The zero-order valence-electron chi connectivity index (χ0n) is 18.9. The molecule has 8 heteroatoms. The zero-order valence-corrected chi connectivity index (χ0v) is 18.9. The monoisotopic (exact) mass is 440 g/mol. The molecule has 0 aliphatic heterocycles. The van der Waals surface area contributed by atoms with Crippen LogP contribution in [0, 0.1) is 5.92 Å². The lowest BCUT2D eigenvalue weighted by Gasteiger charge is -2.21. The molecule has 170 valence electrons. The smallest absolute Gasteiger partial charge is 0.328 e. The quantitative estimate of drug-likeness (QED) is 0.660. The van der Waals surface area contributed by atoms with E-state index in [9.17, 15) is 14.4 Å². The Balaban J connectivity index is 1.69. The Kier molecular flexibility index (Phi) is 7.12. The number of pyridine rings is 1. The third-order valence-corrected chi connectivity index (χ3v) is 5.47. The van der Waals surface area contributed by atoms with E-state index in [1.807, 2.05) is 31.2 Å². The minimum absolute atomic E-state index is 0.0696. The largest absolute Gasteiger partial charge is 0.493 e. The first-order valence-corrected chi connectivity index (χ1v) is 10.6. The van der Waals surface area contributed by atoms with Crippen molar-refractivity contribution in [2.24, 2.45) is 5.92 Å². The fraction of sp³-hybridized carbons (Fsp3) is 0.417. The van der Waals surface area contributed by atoms with Crippen LogP contribution in [0.3, 0.4) is 0 Å². The van der Waals surface area contributed by atoms with Crippen LogP contribution in [-0.4, -0.2) is 42.1 Å². The molecule has 0 bridgehead atoms. The average molecular weight is 440 g/mol. The molecule has 8 nitrogen and oxygen atoms in total. The number of carbonyl (C=O) groups excluding carboxylic acids is 3. The lowest BCUT2D eigenvalue weighted by Crippen LogP contribution is -2.41. The lowest BCUT2D eigenvalue weighted by molar-refractivity contribution is -0.151. The van der Waals surface area contributed by atoms with Crippen molar-refractivity contribution in [3.63, 3.8) is 0 Å². The van der Waals surface area contributed by atoms with Crippen molar-refractivity contribution in [3.05, 3.63) is 53.3 Å². The molecule has 0 spiro atoms. The van der Waals surface area contributed by atoms with Gasteiger partial charge in [-0.15, -0.1) is 0 Å². The van der Waals surface area contributed by atoms with Crippen LogP contribution in [-0.2, 0) is 20.7 Å². The Morgan fingerprint density at radius 2 is 1.81 bits per heavy atom. The minimum atomic E-state index is -0.930. The summed E-state index contributed by atoms with van der Waals surface area (Å²) in [6.07, 6.45) is 1.70. The number of fused-ring (bicyclic) bond motifs is 1. The number of aromatic nitrogens is 1. The molecule has 1 aromatic carbocycles. The van der Waals surface area contributed by atoms with E-state index < -0.39 is 29.8 Å². The molecule has 1 N–H and O–H groups in total. The van der Waals surface area contributed by atoms with Crippen LogP contribution in [0.2, 0.25) is 0 Å². The van der Waals surface area contributed by atoms with Crippen molar-refractivity contribution in [2.75, 3.05) is 7.11 Å². The summed E-state index contributed by atoms with van der Waals surface area (Å²) in [5.41, 5.74) is 2.17. The highest BCUT2D eigenvalue weighted by Gasteiger charge is 2.33. The standard InChI is InChI=1S/C24H28N2O6/c1-13(2)23(28)32-21-18(30-5)10-11-25-20(21)22(27)26-15(4)24(29)31-19-12-16-8-6-7-9-17(16)14(19)3/h6-11,13-15,19H,12H2,1-5H3,(H,26,27)/t14?,15-,19?/m0/s1. The van der Waals surface area contributed by atoms with Crippen molar-refractivity contribution in [3.8, 4) is 11.5 Å². The Morgan fingerprint density at radius 3 is 2.47 bits per heavy atom. The fourth-order valence-electron chi connectivity index (χ4n) is 3.55. The molecular weight excluding hydrogens is 412 g/mol. The van der Waals surface area contributed by atoms with Gasteiger partial charge in [-0.2, -0.15) is 0 Å². The maximum Gasteiger partial charge on any atom is 0.328 e. The second-order valence-electron chi connectivity index (χ2n) is 8.13. The Labute approximate surface area is 187 Å².